The topological polar surface area (TPSA) is 41.9 Å². The van der Waals surface area contributed by atoms with Crippen LogP contribution in [0.15, 0.2) is 0 Å². The van der Waals surface area contributed by atoms with Crippen LogP contribution in [-0.2, 0) is 9.47 Å². The first-order chi connectivity index (χ1) is 12.0. The Hall–Kier alpha value is -0.160. The van der Waals surface area contributed by atoms with Crippen molar-refractivity contribution in [3.05, 3.63) is 0 Å². The van der Waals surface area contributed by atoms with Gasteiger partial charge in [-0.05, 0) is 71.0 Å². The number of hydrogen-bond acceptors (Lipinski definition) is 4. The lowest BCUT2D eigenvalue weighted by atomic mass is 9.66. The Morgan fingerprint density at radius 3 is 2.56 bits per heavy atom. The predicted octanol–water partition coefficient (Wildman–Crippen LogP) is 4.17. The molecule has 2 rings (SSSR count). The van der Waals surface area contributed by atoms with Gasteiger partial charge < -0.3 is 19.5 Å². The highest BCUT2D eigenvalue weighted by Gasteiger charge is 2.40. The van der Waals surface area contributed by atoms with E-state index < -0.39 is 6.29 Å². The van der Waals surface area contributed by atoms with Crippen molar-refractivity contribution in [3.8, 4) is 0 Å². The van der Waals surface area contributed by atoms with E-state index in [0.29, 0.717) is 24.5 Å². The minimum Gasteiger partial charge on any atom is -0.378 e. The quantitative estimate of drug-likeness (QED) is 0.548. The van der Waals surface area contributed by atoms with Crippen molar-refractivity contribution in [2.75, 3.05) is 33.9 Å². The molecule has 1 saturated heterocycles. The molecule has 4 heteroatoms. The van der Waals surface area contributed by atoms with E-state index in [1.54, 1.807) is 0 Å². The van der Waals surface area contributed by atoms with Crippen molar-refractivity contribution in [3.63, 3.8) is 0 Å². The normalized spacial score (nSPS) is 32.2. The second-order valence-corrected chi connectivity index (χ2v) is 8.02. The van der Waals surface area contributed by atoms with Crippen LogP contribution in [0.25, 0.3) is 0 Å². The number of nitrogens with zero attached hydrogens (tertiary/aromatic N) is 1. The second kappa shape index (κ2) is 12.3. The number of aliphatic hydroxyl groups is 1. The Kier molecular flexibility index (Phi) is 11.2. The maximum Gasteiger partial charge on any atom is 0.157 e. The molecule has 2 aliphatic rings. The van der Waals surface area contributed by atoms with Crippen LogP contribution >= 0.6 is 0 Å². The lowest BCUT2D eigenvalue weighted by Gasteiger charge is -2.41. The average molecular weight is 358 g/mol. The zero-order valence-corrected chi connectivity index (χ0v) is 17.5. The summed E-state index contributed by atoms with van der Waals surface area (Å²) in [5.41, 5.74) is 0. The fraction of sp³-hybridized carbons (Fsp3) is 1.00. The molecule has 0 aromatic carbocycles. The molecule has 0 bridgehead atoms. The molecular formula is C21H43NO3. The van der Waals surface area contributed by atoms with E-state index in [-0.39, 0.29) is 5.92 Å². The van der Waals surface area contributed by atoms with Crippen LogP contribution in [0.3, 0.4) is 0 Å². The number of ether oxygens (including phenoxy) is 2. The molecule has 1 N–H and O–H groups in total. The molecule has 0 aromatic heterocycles. The Morgan fingerprint density at radius 1 is 1.16 bits per heavy atom. The van der Waals surface area contributed by atoms with Gasteiger partial charge in [0, 0.05) is 5.92 Å². The molecule has 0 spiro atoms. The van der Waals surface area contributed by atoms with Gasteiger partial charge in [-0.15, -0.1) is 0 Å². The first-order valence-electron chi connectivity index (χ1n) is 10.5. The lowest BCUT2D eigenvalue weighted by molar-refractivity contribution is -0.156. The zero-order chi connectivity index (χ0) is 18.8. The highest BCUT2D eigenvalue weighted by molar-refractivity contribution is 4.87. The minimum absolute atomic E-state index is 0.194. The summed E-state index contributed by atoms with van der Waals surface area (Å²) in [6, 6.07) is 0. The van der Waals surface area contributed by atoms with E-state index in [1.807, 2.05) is 13.8 Å². The molecule has 1 saturated carbocycles. The fourth-order valence-electron chi connectivity index (χ4n) is 4.42. The summed E-state index contributed by atoms with van der Waals surface area (Å²) in [4.78, 5) is 2.15. The van der Waals surface area contributed by atoms with Gasteiger partial charge in [0.05, 0.1) is 19.3 Å². The number of rotatable bonds is 7. The van der Waals surface area contributed by atoms with Gasteiger partial charge in [-0.1, -0.05) is 33.6 Å². The smallest absolute Gasteiger partial charge is 0.157 e. The molecule has 0 radical (unpaired) electrons. The molecule has 1 heterocycles. The van der Waals surface area contributed by atoms with Gasteiger partial charge in [0.25, 0.3) is 0 Å². The van der Waals surface area contributed by atoms with Gasteiger partial charge in [-0.2, -0.15) is 0 Å². The van der Waals surface area contributed by atoms with E-state index in [4.69, 9.17) is 9.47 Å². The minimum atomic E-state index is -0.637. The first kappa shape index (κ1) is 22.9. The fourth-order valence-corrected chi connectivity index (χ4v) is 4.42. The molecular weight excluding hydrogens is 314 g/mol. The van der Waals surface area contributed by atoms with Crippen molar-refractivity contribution in [1.29, 1.82) is 0 Å². The zero-order valence-electron chi connectivity index (χ0n) is 17.5. The van der Waals surface area contributed by atoms with Gasteiger partial charge in [0.15, 0.2) is 6.29 Å². The Morgan fingerprint density at radius 2 is 1.88 bits per heavy atom. The van der Waals surface area contributed by atoms with Crippen molar-refractivity contribution < 1.29 is 14.6 Å². The first-order valence-corrected chi connectivity index (χ1v) is 10.5. The predicted molar refractivity (Wildman–Crippen MR) is 105 cm³/mol. The Labute approximate surface area is 156 Å². The van der Waals surface area contributed by atoms with E-state index >= 15 is 0 Å². The highest BCUT2D eigenvalue weighted by atomic mass is 16.6. The van der Waals surface area contributed by atoms with E-state index in [9.17, 15) is 5.11 Å². The maximum atomic E-state index is 10.5. The van der Waals surface area contributed by atoms with Crippen LogP contribution in [0.5, 0.6) is 0 Å². The SMILES string of the molecule is CC.CC1CCC2CCCC([C@@H](C)C(O)OCCCN(C)C)C2CO1. The third kappa shape index (κ3) is 7.54. The monoisotopic (exact) mass is 357 g/mol. The molecule has 6 atom stereocenters. The van der Waals surface area contributed by atoms with Crippen LogP contribution in [0.4, 0.5) is 0 Å². The van der Waals surface area contributed by atoms with Gasteiger partial charge in [0.2, 0.25) is 0 Å². The lowest BCUT2D eigenvalue weighted by Crippen LogP contribution is -2.39. The van der Waals surface area contributed by atoms with Crippen molar-refractivity contribution >= 4 is 0 Å². The van der Waals surface area contributed by atoms with Crippen LogP contribution in [0.2, 0.25) is 0 Å². The van der Waals surface area contributed by atoms with E-state index in [0.717, 1.165) is 25.5 Å². The third-order valence-corrected chi connectivity index (χ3v) is 5.95. The second-order valence-electron chi connectivity index (χ2n) is 8.02. The third-order valence-electron chi connectivity index (χ3n) is 5.95. The van der Waals surface area contributed by atoms with Crippen molar-refractivity contribution in [1.82, 2.24) is 4.90 Å². The van der Waals surface area contributed by atoms with E-state index in [1.165, 1.54) is 32.1 Å². The van der Waals surface area contributed by atoms with Gasteiger partial charge in [0.1, 0.15) is 0 Å². The summed E-state index contributed by atoms with van der Waals surface area (Å²) in [6.07, 6.45) is 7.03. The highest BCUT2D eigenvalue weighted by Crippen LogP contribution is 2.44. The van der Waals surface area contributed by atoms with Gasteiger partial charge in [-0.25, -0.2) is 0 Å². The summed E-state index contributed by atoms with van der Waals surface area (Å²) >= 11 is 0. The Bertz CT molecular complexity index is 337. The van der Waals surface area contributed by atoms with Crippen LogP contribution in [0, 0.1) is 23.7 Å². The summed E-state index contributed by atoms with van der Waals surface area (Å²) < 4.78 is 11.8. The number of fused-ring (bicyclic) bond motifs is 1. The molecule has 5 unspecified atom stereocenters. The van der Waals surface area contributed by atoms with Crippen LogP contribution in [0.1, 0.15) is 66.2 Å². The average Bonchev–Trinajstić information content (AvgIpc) is 2.81. The molecule has 0 amide bonds. The number of aliphatic hydroxyl groups excluding tert-OH is 1. The standard InChI is InChI=1S/C19H37NO3.C2H6/c1-14-9-10-16-7-5-8-17(18(16)13-23-14)15(2)19(21)22-12-6-11-20(3)4;1-2/h14-19,21H,5-13H2,1-4H3;1-2H3/t14?,15-,16?,17?,18?,19?;/m1./s1. The molecule has 2 fully saturated rings. The molecule has 25 heavy (non-hydrogen) atoms. The van der Waals surface area contributed by atoms with Crippen molar-refractivity contribution in [2.45, 2.75) is 78.6 Å². The molecule has 1 aliphatic heterocycles. The van der Waals surface area contributed by atoms with Gasteiger partial charge >= 0.3 is 0 Å². The van der Waals surface area contributed by atoms with Crippen LogP contribution in [-0.4, -0.2) is 56.3 Å². The maximum absolute atomic E-state index is 10.5. The summed E-state index contributed by atoms with van der Waals surface area (Å²) in [5, 5.41) is 10.5. The largest absolute Gasteiger partial charge is 0.378 e. The van der Waals surface area contributed by atoms with Crippen molar-refractivity contribution in [2.24, 2.45) is 23.7 Å². The molecule has 0 aromatic rings. The summed E-state index contributed by atoms with van der Waals surface area (Å²) in [5.74, 6) is 2.10. The molecule has 1 aliphatic carbocycles. The number of hydrogen-bond donors (Lipinski definition) is 1. The Balaban J connectivity index is 0.00000151. The van der Waals surface area contributed by atoms with Crippen LogP contribution < -0.4 is 0 Å². The molecule has 4 nitrogen and oxygen atoms in total. The summed E-state index contributed by atoms with van der Waals surface area (Å²) in [6.45, 7) is 10.9. The summed E-state index contributed by atoms with van der Waals surface area (Å²) in [7, 11) is 4.13. The van der Waals surface area contributed by atoms with Gasteiger partial charge in [-0.3, -0.25) is 0 Å². The molecule has 150 valence electrons. The van der Waals surface area contributed by atoms with E-state index in [2.05, 4.69) is 32.8 Å².